The molecule has 0 saturated heterocycles. The second-order valence-corrected chi connectivity index (χ2v) is 3.83. The van der Waals surface area contributed by atoms with Crippen LogP contribution in [0.1, 0.15) is 16.6 Å². The molecule has 0 aliphatic heterocycles. The van der Waals surface area contributed by atoms with E-state index in [0.29, 0.717) is 0 Å². The number of rotatable bonds is 3. The molecule has 14 heavy (non-hydrogen) atoms. The van der Waals surface area contributed by atoms with E-state index in [2.05, 4.69) is 20.6 Å². The fourth-order valence-electron chi connectivity index (χ4n) is 1.36. The molecular formula is C8H11N5S. The van der Waals surface area contributed by atoms with Crippen molar-refractivity contribution in [3.63, 3.8) is 0 Å². The van der Waals surface area contributed by atoms with Gasteiger partial charge in [-0.2, -0.15) is 0 Å². The average Bonchev–Trinajstić information content (AvgIpc) is 2.80. The summed E-state index contributed by atoms with van der Waals surface area (Å²) < 4.78 is 1.76. The third kappa shape index (κ3) is 1.53. The number of aromatic nitrogens is 4. The van der Waals surface area contributed by atoms with Crippen molar-refractivity contribution in [2.24, 2.45) is 7.05 Å². The summed E-state index contributed by atoms with van der Waals surface area (Å²) in [7, 11) is 3.80. The van der Waals surface area contributed by atoms with Crippen molar-refractivity contribution in [1.82, 2.24) is 25.3 Å². The maximum Gasteiger partial charge on any atom is 0.0871 e. The molecule has 0 bridgehead atoms. The van der Waals surface area contributed by atoms with E-state index < -0.39 is 0 Å². The summed E-state index contributed by atoms with van der Waals surface area (Å²) in [4.78, 5) is 5.22. The number of hydrogen-bond donors (Lipinski definition) is 1. The van der Waals surface area contributed by atoms with Gasteiger partial charge in [0.05, 0.1) is 23.4 Å². The summed E-state index contributed by atoms with van der Waals surface area (Å²) in [5.41, 5.74) is 2.86. The largest absolute Gasteiger partial charge is 0.307 e. The summed E-state index contributed by atoms with van der Waals surface area (Å²) in [5, 5.41) is 11.0. The van der Waals surface area contributed by atoms with Gasteiger partial charge in [-0.3, -0.25) is 9.67 Å². The second-order valence-electron chi connectivity index (χ2n) is 2.91. The van der Waals surface area contributed by atoms with E-state index in [1.54, 1.807) is 22.2 Å². The molecule has 1 unspecified atom stereocenters. The van der Waals surface area contributed by atoms with Gasteiger partial charge in [-0.25, -0.2) is 0 Å². The lowest BCUT2D eigenvalue weighted by Crippen LogP contribution is -2.19. The zero-order valence-electron chi connectivity index (χ0n) is 8.01. The molecule has 2 heterocycles. The van der Waals surface area contributed by atoms with Gasteiger partial charge < -0.3 is 5.32 Å². The Balaban J connectivity index is 2.36. The minimum absolute atomic E-state index is 0.127. The van der Waals surface area contributed by atoms with Crippen LogP contribution in [-0.4, -0.2) is 27.0 Å². The van der Waals surface area contributed by atoms with E-state index in [9.17, 15) is 0 Å². The van der Waals surface area contributed by atoms with Crippen molar-refractivity contribution in [2.45, 2.75) is 6.04 Å². The highest BCUT2D eigenvalue weighted by molar-refractivity contribution is 7.09. The van der Waals surface area contributed by atoms with Crippen LogP contribution in [0.4, 0.5) is 0 Å². The molecular weight excluding hydrogens is 198 g/mol. The predicted octanol–water partition coefficient (Wildman–Crippen LogP) is 0.580. The first-order chi connectivity index (χ1) is 6.83. The molecule has 2 aromatic heterocycles. The van der Waals surface area contributed by atoms with Crippen LogP contribution in [0.5, 0.6) is 0 Å². The lowest BCUT2D eigenvalue weighted by atomic mass is 10.2. The predicted molar refractivity (Wildman–Crippen MR) is 54.0 cm³/mol. The third-order valence-corrected chi connectivity index (χ3v) is 2.91. The zero-order chi connectivity index (χ0) is 9.97. The molecule has 0 saturated carbocycles. The number of hydrogen-bond acceptors (Lipinski definition) is 5. The van der Waals surface area contributed by atoms with Crippen LogP contribution >= 0.6 is 11.3 Å². The van der Waals surface area contributed by atoms with Gasteiger partial charge in [0.2, 0.25) is 0 Å². The van der Waals surface area contributed by atoms with Gasteiger partial charge in [-0.15, -0.1) is 16.4 Å². The van der Waals surface area contributed by atoms with Gasteiger partial charge in [0, 0.05) is 18.1 Å². The first kappa shape index (κ1) is 9.29. The molecule has 1 atom stereocenters. The number of thiazole rings is 1. The van der Waals surface area contributed by atoms with E-state index in [-0.39, 0.29) is 6.04 Å². The van der Waals surface area contributed by atoms with Crippen molar-refractivity contribution in [3.05, 3.63) is 28.5 Å². The van der Waals surface area contributed by atoms with E-state index >= 15 is 0 Å². The Bertz CT molecular complexity index is 394. The molecule has 0 aliphatic carbocycles. The topological polar surface area (TPSA) is 55.6 Å². The fraction of sp³-hybridized carbons (Fsp3) is 0.375. The molecule has 2 rings (SSSR count). The molecule has 0 spiro atoms. The van der Waals surface area contributed by atoms with Crippen LogP contribution in [0.2, 0.25) is 0 Å². The Hall–Kier alpha value is -1.27. The normalized spacial score (nSPS) is 13.0. The maximum atomic E-state index is 4.06. The molecule has 2 aromatic rings. The molecule has 0 aromatic carbocycles. The fourth-order valence-corrected chi connectivity index (χ4v) is 2.10. The summed E-state index contributed by atoms with van der Waals surface area (Å²) in [6.07, 6.45) is 3.62. The standard InChI is InChI=1S/C8H11N5S/c1-9-8(7-4-10-5-14-7)6-3-11-12-13(6)2/h3-5,8-9H,1-2H3. The van der Waals surface area contributed by atoms with Crippen LogP contribution in [0.3, 0.4) is 0 Å². The highest BCUT2D eigenvalue weighted by Crippen LogP contribution is 2.22. The van der Waals surface area contributed by atoms with Crippen molar-refractivity contribution < 1.29 is 0 Å². The SMILES string of the molecule is CNC(c1cncs1)c1cnnn1C. The van der Waals surface area contributed by atoms with Crippen LogP contribution in [-0.2, 0) is 7.05 Å². The van der Waals surface area contributed by atoms with Crippen molar-refractivity contribution in [1.29, 1.82) is 0 Å². The average molecular weight is 209 g/mol. The van der Waals surface area contributed by atoms with Crippen LogP contribution in [0.25, 0.3) is 0 Å². The lowest BCUT2D eigenvalue weighted by Gasteiger charge is -2.12. The summed E-state index contributed by atoms with van der Waals surface area (Å²) in [5.74, 6) is 0. The van der Waals surface area contributed by atoms with Crippen LogP contribution in [0.15, 0.2) is 17.9 Å². The molecule has 5 nitrogen and oxygen atoms in total. The molecule has 0 radical (unpaired) electrons. The molecule has 6 heteroatoms. The number of aryl methyl sites for hydroxylation is 1. The Kier molecular flexibility index (Phi) is 2.55. The minimum atomic E-state index is 0.127. The highest BCUT2D eigenvalue weighted by Gasteiger charge is 2.16. The Labute approximate surface area is 85.8 Å². The van der Waals surface area contributed by atoms with Gasteiger partial charge in [-0.05, 0) is 7.05 Å². The Morgan fingerprint density at radius 1 is 1.50 bits per heavy atom. The number of nitrogens with zero attached hydrogens (tertiary/aromatic N) is 4. The van der Waals surface area contributed by atoms with Gasteiger partial charge in [-0.1, -0.05) is 5.21 Å². The van der Waals surface area contributed by atoms with E-state index in [1.165, 1.54) is 0 Å². The summed E-state index contributed by atoms with van der Waals surface area (Å²) in [6, 6.07) is 0.127. The summed E-state index contributed by atoms with van der Waals surface area (Å²) >= 11 is 1.62. The Morgan fingerprint density at radius 3 is 2.86 bits per heavy atom. The van der Waals surface area contributed by atoms with Crippen molar-refractivity contribution in [2.75, 3.05) is 7.05 Å². The van der Waals surface area contributed by atoms with Gasteiger partial charge >= 0.3 is 0 Å². The smallest absolute Gasteiger partial charge is 0.0871 e. The van der Waals surface area contributed by atoms with E-state index in [0.717, 1.165) is 10.6 Å². The molecule has 1 N–H and O–H groups in total. The van der Waals surface area contributed by atoms with Crippen LogP contribution < -0.4 is 5.32 Å². The molecule has 0 fully saturated rings. The highest BCUT2D eigenvalue weighted by atomic mass is 32.1. The lowest BCUT2D eigenvalue weighted by molar-refractivity contribution is 0.603. The quantitative estimate of drug-likeness (QED) is 0.803. The van der Waals surface area contributed by atoms with Gasteiger partial charge in [0.15, 0.2) is 0 Å². The van der Waals surface area contributed by atoms with Gasteiger partial charge in [0.1, 0.15) is 0 Å². The number of nitrogens with one attached hydrogen (secondary N) is 1. The molecule has 0 aliphatic rings. The monoisotopic (exact) mass is 209 g/mol. The zero-order valence-corrected chi connectivity index (χ0v) is 8.82. The van der Waals surface area contributed by atoms with E-state index in [4.69, 9.17) is 0 Å². The van der Waals surface area contributed by atoms with Crippen LogP contribution in [0, 0.1) is 0 Å². The molecule has 0 amide bonds. The second kappa shape index (κ2) is 3.85. The molecule has 74 valence electrons. The van der Waals surface area contributed by atoms with Gasteiger partial charge in [0.25, 0.3) is 0 Å². The third-order valence-electron chi connectivity index (χ3n) is 2.07. The first-order valence-corrected chi connectivity index (χ1v) is 5.11. The summed E-state index contributed by atoms with van der Waals surface area (Å²) in [6.45, 7) is 0. The maximum absolute atomic E-state index is 4.06. The van der Waals surface area contributed by atoms with Crippen molar-refractivity contribution >= 4 is 11.3 Å². The van der Waals surface area contributed by atoms with E-state index in [1.807, 2.05) is 25.8 Å². The Morgan fingerprint density at radius 2 is 2.36 bits per heavy atom. The van der Waals surface area contributed by atoms with Crippen molar-refractivity contribution in [3.8, 4) is 0 Å². The first-order valence-electron chi connectivity index (χ1n) is 4.23. The minimum Gasteiger partial charge on any atom is -0.307 e.